The van der Waals surface area contributed by atoms with E-state index in [0.717, 1.165) is 12.0 Å². The fraction of sp³-hybridized carbons (Fsp3) is 0.571. The van der Waals surface area contributed by atoms with Gasteiger partial charge in [0.2, 0.25) is 0 Å². The van der Waals surface area contributed by atoms with Crippen LogP contribution in [0.25, 0.3) is 0 Å². The van der Waals surface area contributed by atoms with E-state index in [1.807, 2.05) is 6.92 Å². The Morgan fingerprint density at radius 2 is 2.16 bits per heavy atom. The maximum atomic E-state index is 13.9. The van der Waals surface area contributed by atoms with E-state index >= 15 is 0 Å². The fourth-order valence-electron chi connectivity index (χ4n) is 1.80. The normalized spacial score (nSPS) is 15.8. The molecule has 0 bridgehead atoms. The molecule has 0 radical (unpaired) electrons. The molecule has 1 aromatic carbocycles. The Morgan fingerprint density at radius 1 is 1.47 bits per heavy atom. The number of halogens is 3. The topological polar surface area (TPSA) is 35.2 Å². The first kappa shape index (κ1) is 16.5. The SMILES string of the molecule is CCC(N)Cc1cc(F)c(OCC2CC2)c(Cl)c1.Cl. The standard InChI is InChI=1S/C14H19ClFNO.ClH/c1-2-11(17)5-10-6-12(15)14(13(16)7-10)18-8-9-3-4-9;/h6-7,9,11H,2-5,8,17H2,1H3;1H. The molecule has 0 saturated heterocycles. The van der Waals surface area contributed by atoms with Gasteiger partial charge in [-0.05, 0) is 49.3 Å². The van der Waals surface area contributed by atoms with Gasteiger partial charge in [0.15, 0.2) is 11.6 Å². The van der Waals surface area contributed by atoms with Gasteiger partial charge in [-0.1, -0.05) is 18.5 Å². The molecule has 0 aliphatic heterocycles. The summed E-state index contributed by atoms with van der Waals surface area (Å²) in [5.74, 6) is 0.368. The molecule has 0 amide bonds. The molecule has 1 aliphatic rings. The van der Waals surface area contributed by atoms with Crippen LogP contribution in [-0.2, 0) is 6.42 Å². The Bertz CT molecular complexity index is 401. The van der Waals surface area contributed by atoms with Gasteiger partial charge in [-0.15, -0.1) is 12.4 Å². The summed E-state index contributed by atoms with van der Waals surface area (Å²) in [4.78, 5) is 0. The summed E-state index contributed by atoms with van der Waals surface area (Å²) in [6.07, 6.45) is 3.83. The summed E-state index contributed by atoms with van der Waals surface area (Å²) < 4.78 is 19.3. The molecule has 1 aliphatic carbocycles. The molecule has 2 N–H and O–H groups in total. The van der Waals surface area contributed by atoms with Crippen LogP contribution in [0, 0.1) is 11.7 Å². The second-order valence-corrected chi connectivity index (χ2v) is 5.42. The van der Waals surface area contributed by atoms with Crippen LogP contribution in [0.5, 0.6) is 5.75 Å². The molecule has 2 rings (SSSR count). The van der Waals surface area contributed by atoms with Crippen molar-refractivity contribution in [1.82, 2.24) is 0 Å². The van der Waals surface area contributed by atoms with Crippen molar-refractivity contribution in [3.63, 3.8) is 0 Å². The second-order valence-electron chi connectivity index (χ2n) is 5.02. The van der Waals surface area contributed by atoms with Crippen molar-refractivity contribution in [3.8, 4) is 5.75 Å². The van der Waals surface area contributed by atoms with E-state index in [0.29, 0.717) is 24.0 Å². The van der Waals surface area contributed by atoms with Gasteiger partial charge in [0, 0.05) is 6.04 Å². The lowest BCUT2D eigenvalue weighted by molar-refractivity contribution is 0.285. The monoisotopic (exact) mass is 307 g/mol. The second kappa shape index (κ2) is 7.32. The zero-order valence-corrected chi connectivity index (χ0v) is 12.6. The van der Waals surface area contributed by atoms with Gasteiger partial charge in [0.05, 0.1) is 11.6 Å². The lowest BCUT2D eigenvalue weighted by Gasteiger charge is -2.13. The lowest BCUT2D eigenvalue weighted by atomic mass is 10.0. The zero-order valence-electron chi connectivity index (χ0n) is 11.0. The van der Waals surface area contributed by atoms with Crippen molar-refractivity contribution >= 4 is 24.0 Å². The molecule has 0 heterocycles. The van der Waals surface area contributed by atoms with E-state index in [-0.39, 0.29) is 30.0 Å². The van der Waals surface area contributed by atoms with Crippen LogP contribution in [0.1, 0.15) is 31.7 Å². The number of hydrogen-bond donors (Lipinski definition) is 1. The maximum Gasteiger partial charge on any atom is 0.173 e. The molecule has 1 saturated carbocycles. The van der Waals surface area contributed by atoms with Gasteiger partial charge < -0.3 is 10.5 Å². The fourth-order valence-corrected chi connectivity index (χ4v) is 2.09. The molecule has 108 valence electrons. The molecule has 1 fully saturated rings. The first-order valence-electron chi connectivity index (χ1n) is 6.46. The smallest absolute Gasteiger partial charge is 0.173 e. The molecule has 1 atom stereocenters. The van der Waals surface area contributed by atoms with Crippen LogP contribution in [0.2, 0.25) is 5.02 Å². The van der Waals surface area contributed by atoms with Gasteiger partial charge in [0.1, 0.15) is 0 Å². The molecule has 0 spiro atoms. The Hall–Kier alpha value is -0.510. The highest BCUT2D eigenvalue weighted by Gasteiger charge is 2.23. The summed E-state index contributed by atoms with van der Waals surface area (Å²) in [6, 6.07) is 3.27. The van der Waals surface area contributed by atoms with Crippen LogP contribution in [0.3, 0.4) is 0 Å². The van der Waals surface area contributed by atoms with Crippen LogP contribution in [0.15, 0.2) is 12.1 Å². The van der Waals surface area contributed by atoms with Crippen LogP contribution < -0.4 is 10.5 Å². The predicted molar refractivity (Wildman–Crippen MR) is 78.8 cm³/mol. The van der Waals surface area contributed by atoms with Crippen LogP contribution in [0.4, 0.5) is 4.39 Å². The molecular weight excluding hydrogens is 288 g/mol. The minimum Gasteiger partial charge on any atom is -0.489 e. The van der Waals surface area contributed by atoms with E-state index in [2.05, 4.69) is 0 Å². The first-order chi connectivity index (χ1) is 8.60. The number of benzene rings is 1. The molecular formula is C14H20Cl2FNO. The lowest BCUT2D eigenvalue weighted by Crippen LogP contribution is -2.21. The Morgan fingerprint density at radius 3 is 2.68 bits per heavy atom. The maximum absolute atomic E-state index is 13.9. The first-order valence-corrected chi connectivity index (χ1v) is 6.84. The summed E-state index contributed by atoms with van der Waals surface area (Å²) in [7, 11) is 0. The average molecular weight is 308 g/mol. The molecule has 2 nitrogen and oxygen atoms in total. The Kier molecular flexibility index (Phi) is 6.37. The molecule has 1 aromatic rings. The third-order valence-corrected chi connectivity index (χ3v) is 3.52. The molecule has 19 heavy (non-hydrogen) atoms. The van der Waals surface area contributed by atoms with Gasteiger partial charge in [-0.3, -0.25) is 0 Å². The van der Waals surface area contributed by atoms with Gasteiger partial charge >= 0.3 is 0 Å². The van der Waals surface area contributed by atoms with E-state index in [1.54, 1.807) is 6.07 Å². The Labute approximate surface area is 124 Å². The highest BCUT2D eigenvalue weighted by Crippen LogP contribution is 2.34. The Balaban J connectivity index is 0.00000180. The quantitative estimate of drug-likeness (QED) is 0.863. The van der Waals surface area contributed by atoms with Crippen molar-refractivity contribution < 1.29 is 9.13 Å². The third-order valence-electron chi connectivity index (χ3n) is 3.24. The van der Waals surface area contributed by atoms with Crippen molar-refractivity contribution in [1.29, 1.82) is 0 Å². The number of nitrogens with two attached hydrogens (primary N) is 1. The van der Waals surface area contributed by atoms with Crippen molar-refractivity contribution in [2.45, 2.75) is 38.6 Å². The molecule has 5 heteroatoms. The van der Waals surface area contributed by atoms with Gasteiger partial charge in [-0.2, -0.15) is 0 Å². The minimum absolute atomic E-state index is 0. The van der Waals surface area contributed by atoms with Crippen molar-refractivity contribution in [2.24, 2.45) is 11.7 Å². The van der Waals surface area contributed by atoms with E-state index in [1.165, 1.54) is 18.9 Å². The molecule has 1 unspecified atom stereocenters. The number of rotatable bonds is 6. The van der Waals surface area contributed by atoms with Gasteiger partial charge in [-0.25, -0.2) is 4.39 Å². The van der Waals surface area contributed by atoms with Gasteiger partial charge in [0.25, 0.3) is 0 Å². The van der Waals surface area contributed by atoms with Crippen LogP contribution in [-0.4, -0.2) is 12.6 Å². The third kappa shape index (κ3) is 4.83. The van der Waals surface area contributed by atoms with Crippen molar-refractivity contribution in [2.75, 3.05) is 6.61 Å². The van der Waals surface area contributed by atoms with E-state index in [9.17, 15) is 4.39 Å². The predicted octanol–water partition coefficient (Wildman–Crippen LogP) is 3.97. The zero-order chi connectivity index (χ0) is 13.1. The van der Waals surface area contributed by atoms with Crippen LogP contribution >= 0.6 is 24.0 Å². The summed E-state index contributed by atoms with van der Waals surface area (Å²) in [5, 5.41) is 0.342. The summed E-state index contributed by atoms with van der Waals surface area (Å²) in [5.41, 5.74) is 6.68. The molecule has 0 aromatic heterocycles. The number of ether oxygens (including phenoxy) is 1. The van der Waals surface area contributed by atoms with E-state index < -0.39 is 0 Å². The summed E-state index contributed by atoms with van der Waals surface area (Å²) >= 11 is 6.06. The highest BCUT2D eigenvalue weighted by atomic mass is 35.5. The summed E-state index contributed by atoms with van der Waals surface area (Å²) in [6.45, 7) is 2.57. The van der Waals surface area contributed by atoms with Crippen molar-refractivity contribution in [3.05, 3.63) is 28.5 Å². The van der Waals surface area contributed by atoms with E-state index in [4.69, 9.17) is 22.1 Å². The largest absolute Gasteiger partial charge is 0.489 e. The average Bonchev–Trinajstić information content (AvgIpc) is 3.11. The minimum atomic E-state index is -0.388. The number of hydrogen-bond acceptors (Lipinski definition) is 2. The highest BCUT2D eigenvalue weighted by molar-refractivity contribution is 6.32.